The number of para-hydroxylation sites is 1. The SMILES string of the molecule is C#CCNS(=O)(=O)c1ccc(C(=O)N(C)Cc2nc3ccccc3s2)cc1. The number of carbonyl (C=O) groups is 1. The molecule has 0 radical (unpaired) electrons. The third kappa shape index (κ3) is 4.34. The summed E-state index contributed by atoms with van der Waals surface area (Å²) < 4.78 is 27.4. The molecule has 0 aliphatic rings. The molecule has 1 amide bonds. The predicted octanol–water partition coefficient (Wildman–Crippen LogP) is 2.48. The van der Waals surface area contributed by atoms with Crippen LogP contribution in [0.5, 0.6) is 0 Å². The highest BCUT2D eigenvalue weighted by Gasteiger charge is 2.17. The van der Waals surface area contributed by atoms with E-state index in [4.69, 9.17) is 6.42 Å². The van der Waals surface area contributed by atoms with Crippen molar-refractivity contribution < 1.29 is 13.2 Å². The molecule has 1 N–H and O–H groups in total. The molecule has 0 spiro atoms. The van der Waals surface area contributed by atoms with Gasteiger partial charge in [-0.3, -0.25) is 4.79 Å². The Kier molecular flexibility index (Phi) is 5.56. The maximum absolute atomic E-state index is 12.6. The maximum Gasteiger partial charge on any atom is 0.253 e. The minimum Gasteiger partial charge on any atom is -0.335 e. The largest absolute Gasteiger partial charge is 0.335 e. The quantitative estimate of drug-likeness (QED) is 0.646. The van der Waals surface area contributed by atoms with Crippen LogP contribution < -0.4 is 4.72 Å². The van der Waals surface area contributed by atoms with Crippen LogP contribution in [0.2, 0.25) is 0 Å². The summed E-state index contributed by atoms with van der Waals surface area (Å²) in [5, 5.41) is 0.838. The topological polar surface area (TPSA) is 79.4 Å². The molecular formula is C19H17N3O3S2. The van der Waals surface area contributed by atoms with Gasteiger partial charge in [-0.05, 0) is 36.4 Å². The first-order valence-electron chi connectivity index (χ1n) is 8.04. The van der Waals surface area contributed by atoms with Crippen LogP contribution in [0, 0.1) is 12.3 Å². The number of fused-ring (bicyclic) bond motifs is 1. The van der Waals surface area contributed by atoms with Gasteiger partial charge in [0.15, 0.2) is 0 Å². The Morgan fingerprint density at radius 2 is 1.93 bits per heavy atom. The van der Waals surface area contributed by atoms with Gasteiger partial charge in [0.1, 0.15) is 5.01 Å². The standard InChI is InChI=1S/C19H17N3O3S2/c1-3-12-20-27(24,25)15-10-8-14(9-11-15)19(23)22(2)13-18-21-16-6-4-5-7-17(16)26-18/h1,4-11,20H,12-13H2,2H3. The number of carbonyl (C=O) groups excluding carboxylic acids is 1. The van der Waals surface area contributed by atoms with Crippen LogP contribution in [0.15, 0.2) is 53.4 Å². The number of aromatic nitrogens is 1. The molecule has 2 aromatic carbocycles. The van der Waals surface area contributed by atoms with E-state index in [0.29, 0.717) is 12.1 Å². The molecule has 0 unspecified atom stereocenters. The van der Waals surface area contributed by atoms with Crippen molar-refractivity contribution in [3.8, 4) is 12.3 Å². The van der Waals surface area contributed by atoms with Crippen molar-refractivity contribution in [3.63, 3.8) is 0 Å². The monoisotopic (exact) mass is 399 g/mol. The molecule has 0 aliphatic heterocycles. The first-order chi connectivity index (χ1) is 12.9. The summed E-state index contributed by atoms with van der Waals surface area (Å²) >= 11 is 1.54. The molecule has 1 heterocycles. The Morgan fingerprint density at radius 3 is 2.59 bits per heavy atom. The van der Waals surface area contributed by atoms with Crippen molar-refractivity contribution in [1.29, 1.82) is 0 Å². The lowest BCUT2D eigenvalue weighted by atomic mass is 10.2. The van der Waals surface area contributed by atoms with Crippen LogP contribution in [0.4, 0.5) is 0 Å². The Morgan fingerprint density at radius 1 is 1.22 bits per heavy atom. The Labute approximate surface area is 161 Å². The summed E-state index contributed by atoms with van der Waals surface area (Å²) in [6.45, 7) is 0.288. The molecule has 0 saturated carbocycles. The lowest BCUT2D eigenvalue weighted by molar-refractivity contribution is 0.0785. The number of rotatable bonds is 6. The molecule has 3 rings (SSSR count). The van der Waals surface area contributed by atoms with E-state index in [1.54, 1.807) is 23.3 Å². The zero-order chi connectivity index (χ0) is 19.4. The van der Waals surface area contributed by atoms with Crippen LogP contribution in [0.25, 0.3) is 10.2 Å². The molecule has 1 aromatic heterocycles. The number of hydrogen-bond acceptors (Lipinski definition) is 5. The van der Waals surface area contributed by atoms with Gasteiger partial charge in [0.05, 0.1) is 28.2 Å². The summed E-state index contributed by atoms with van der Waals surface area (Å²) in [6.07, 6.45) is 5.07. The molecule has 27 heavy (non-hydrogen) atoms. The third-order valence-electron chi connectivity index (χ3n) is 3.83. The lowest BCUT2D eigenvalue weighted by Gasteiger charge is -2.16. The number of amides is 1. The Balaban J connectivity index is 1.72. The number of nitrogens with zero attached hydrogens (tertiary/aromatic N) is 2. The van der Waals surface area contributed by atoms with Crippen LogP contribution in [-0.2, 0) is 16.6 Å². The van der Waals surface area contributed by atoms with Crippen molar-refractivity contribution in [2.24, 2.45) is 0 Å². The van der Waals surface area contributed by atoms with Gasteiger partial charge >= 0.3 is 0 Å². The van der Waals surface area contributed by atoms with Gasteiger partial charge in [-0.2, -0.15) is 4.72 Å². The maximum atomic E-state index is 12.6. The van der Waals surface area contributed by atoms with Crippen molar-refractivity contribution in [1.82, 2.24) is 14.6 Å². The smallest absolute Gasteiger partial charge is 0.253 e. The second kappa shape index (κ2) is 7.88. The lowest BCUT2D eigenvalue weighted by Crippen LogP contribution is -2.26. The molecule has 138 valence electrons. The number of nitrogens with one attached hydrogen (secondary N) is 1. The summed E-state index contributed by atoms with van der Waals surface area (Å²) in [5.74, 6) is 2.00. The van der Waals surface area contributed by atoms with Gasteiger partial charge in [-0.1, -0.05) is 18.1 Å². The van der Waals surface area contributed by atoms with Crippen molar-refractivity contribution >= 4 is 37.5 Å². The van der Waals surface area contributed by atoms with Gasteiger partial charge in [-0.15, -0.1) is 17.8 Å². The highest BCUT2D eigenvalue weighted by molar-refractivity contribution is 7.89. The summed E-state index contributed by atoms with van der Waals surface area (Å²) in [7, 11) is -1.99. The van der Waals surface area contributed by atoms with Gasteiger partial charge in [-0.25, -0.2) is 13.4 Å². The molecule has 8 heteroatoms. The third-order valence-corrected chi connectivity index (χ3v) is 6.27. The highest BCUT2D eigenvalue weighted by Crippen LogP contribution is 2.23. The van der Waals surface area contributed by atoms with Gasteiger partial charge in [0, 0.05) is 12.6 Å². The van der Waals surface area contributed by atoms with E-state index in [2.05, 4.69) is 15.6 Å². The number of hydrogen-bond donors (Lipinski definition) is 1. The number of terminal acetylenes is 1. The molecule has 0 aliphatic carbocycles. The van der Waals surface area contributed by atoms with Crippen LogP contribution >= 0.6 is 11.3 Å². The molecule has 0 atom stereocenters. The van der Waals surface area contributed by atoms with E-state index in [-0.39, 0.29) is 17.3 Å². The molecule has 6 nitrogen and oxygen atoms in total. The van der Waals surface area contributed by atoms with E-state index < -0.39 is 10.0 Å². The minimum atomic E-state index is -3.67. The molecule has 3 aromatic rings. The van der Waals surface area contributed by atoms with Crippen molar-refractivity contribution in [2.75, 3.05) is 13.6 Å². The molecule has 0 fully saturated rings. The first-order valence-corrected chi connectivity index (χ1v) is 10.3. The normalized spacial score (nSPS) is 11.3. The summed E-state index contributed by atoms with van der Waals surface area (Å²) in [4.78, 5) is 18.7. The predicted molar refractivity (Wildman–Crippen MR) is 106 cm³/mol. The summed E-state index contributed by atoms with van der Waals surface area (Å²) in [6, 6.07) is 13.6. The van der Waals surface area contributed by atoms with Gasteiger partial charge < -0.3 is 4.90 Å². The minimum absolute atomic E-state index is 0.0585. The fraction of sp³-hybridized carbons (Fsp3) is 0.158. The Hall–Kier alpha value is -2.73. The number of sulfonamides is 1. The van der Waals surface area contributed by atoms with E-state index in [9.17, 15) is 13.2 Å². The molecule has 0 saturated heterocycles. The summed E-state index contributed by atoms with van der Waals surface area (Å²) in [5.41, 5.74) is 1.31. The fourth-order valence-electron chi connectivity index (χ4n) is 2.48. The van der Waals surface area contributed by atoms with Crippen molar-refractivity contribution in [2.45, 2.75) is 11.4 Å². The Bertz CT molecular complexity index is 1080. The van der Waals surface area contributed by atoms with E-state index >= 15 is 0 Å². The van der Waals surface area contributed by atoms with Crippen molar-refractivity contribution in [3.05, 3.63) is 59.1 Å². The van der Waals surface area contributed by atoms with E-state index in [1.165, 1.54) is 24.3 Å². The van der Waals surface area contributed by atoms with Gasteiger partial charge in [0.25, 0.3) is 5.91 Å². The number of benzene rings is 2. The zero-order valence-electron chi connectivity index (χ0n) is 14.5. The second-order valence-electron chi connectivity index (χ2n) is 5.79. The fourth-order valence-corrected chi connectivity index (χ4v) is 4.43. The molecule has 0 bridgehead atoms. The second-order valence-corrected chi connectivity index (χ2v) is 8.67. The highest BCUT2D eigenvalue weighted by atomic mass is 32.2. The van der Waals surface area contributed by atoms with E-state index in [0.717, 1.165) is 15.2 Å². The molecular weight excluding hydrogens is 382 g/mol. The average molecular weight is 399 g/mol. The van der Waals surface area contributed by atoms with Crippen LogP contribution in [0.3, 0.4) is 0 Å². The zero-order valence-corrected chi connectivity index (χ0v) is 16.2. The van der Waals surface area contributed by atoms with Gasteiger partial charge in [0.2, 0.25) is 10.0 Å². The number of thiazole rings is 1. The van der Waals surface area contributed by atoms with Crippen LogP contribution in [-0.4, -0.2) is 37.8 Å². The first kappa shape index (κ1) is 19.0. The average Bonchev–Trinajstić information content (AvgIpc) is 3.08. The van der Waals surface area contributed by atoms with Crippen LogP contribution in [0.1, 0.15) is 15.4 Å². The van der Waals surface area contributed by atoms with E-state index in [1.807, 2.05) is 24.3 Å².